The summed E-state index contributed by atoms with van der Waals surface area (Å²) in [7, 11) is 0. The molecule has 0 fully saturated rings. The van der Waals surface area contributed by atoms with Gasteiger partial charge in [0.1, 0.15) is 28.5 Å². The molecule has 2 aliphatic rings. The van der Waals surface area contributed by atoms with Crippen molar-refractivity contribution in [3.63, 3.8) is 0 Å². The standard InChI is InChI=1S/C48H26BNO4/c1-3-15-29-27(13-1)32-26-42-46-48(54-40-24-12-8-20-36(40)50(46)35-19-7-11-23-39(35)52-42)44(32)30-16-4-2-14-28(30)31-25-41-45-47(43(29)31)53-38-22-10-6-18-34(38)49(45)33-17-5-9-21-37(33)51-41/h1-26H. The van der Waals surface area contributed by atoms with E-state index in [1.165, 1.54) is 0 Å². The van der Waals surface area contributed by atoms with E-state index in [0.29, 0.717) is 0 Å². The molecule has 0 amide bonds. The van der Waals surface area contributed by atoms with E-state index >= 15 is 0 Å². The van der Waals surface area contributed by atoms with E-state index in [4.69, 9.17) is 18.3 Å². The van der Waals surface area contributed by atoms with Crippen LogP contribution in [0.3, 0.4) is 0 Å². The zero-order chi connectivity index (χ0) is 35.1. The van der Waals surface area contributed by atoms with Crippen LogP contribution < -0.4 is 25.9 Å². The van der Waals surface area contributed by atoms with Crippen molar-refractivity contribution in [2.45, 2.75) is 0 Å². The average molecular weight is 692 g/mol. The first-order valence-corrected chi connectivity index (χ1v) is 18.3. The van der Waals surface area contributed by atoms with Crippen molar-refractivity contribution in [1.29, 1.82) is 0 Å². The fourth-order valence-corrected chi connectivity index (χ4v) is 9.34. The molecule has 13 rings (SSSR count). The van der Waals surface area contributed by atoms with E-state index in [1.54, 1.807) is 0 Å². The molecule has 9 aromatic carbocycles. The Balaban J connectivity index is 1.32. The molecule has 250 valence electrons. The molecule has 4 heterocycles. The lowest BCUT2D eigenvalue weighted by atomic mass is 9.34. The molecule has 0 spiro atoms. The molecule has 0 N–H and O–H groups in total. The average Bonchev–Trinajstić information content (AvgIpc) is 3.22. The molecule has 54 heavy (non-hydrogen) atoms. The van der Waals surface area contributed by atoms with Crippen LogP contribution in [-0.4, -0.2) is 11.1 Å². The third-order valence-electron chi connectivity index (χ3n) is 11.5. The lowest BCUT2D eigenvalue weighted by Gasteiger charge is -2.33. The summed E-state index contributed by atoms with van der Waals surface area (Å²) in [6.45, 7) is -0.0419. The van der Waals surface area contributed by atoms with E-state index < -0.39 is 0 Å². The number of hydrogen-bond acceptors (Lipinski definition) is 4. The van der Waals surface area contributed by atoms with Crippen molar-refractivity contribution in [1.82, 2.24) is 4.40 Å². The van der Waals surface area contributed by atoms with Crippen LogP contribution in [0.4, 0.5) is 0 Å². The normalized spacial score (nSPS) is 13.1. The Hall–Kier alpha value is -7.18. The molecule has 0 saturated carbocycles. The van der Waals surface area contributed by atoms with Crippen LogP contribution in [0.25, 0.3) is 82.0 Å². The lowest BCUT2D eigenvalue weighted by Crippen LogP contribution is -2.57. The van der Waals surface area contributed by atoms with E-state index in [-0.39, 0.29) is 6.71 Å². The number of ether oxygens (including phenoxy) is 2. The largest absolute Gasteiger partial charge is 0.458 e. The quantitative estimate of drug-likeness (QED) is 0.0902. The molecule has 0 bridgehead atoms. The second-order valence-corrected chi connectivity index (χ2v) is 14.3. The first-order chi connectivity index (χ1) is 26.8. The lowest BCUT2D eigenvalue weighted by molar-refractivity contribution is 0.469. The molecule has 0 saturated heterocycles. The SMILES string of the molecule is c1ccc2c(c1)Oc1cc3c4ccccc4c4c(cc5oc6ccccc6n6c7ccccc7oc4c56)c4ccccc4c3c3c1B2c1ccccc1O3. The van der Waals surface area contributed by atoms with E-state index in [2.05, 4.69) is 132 Å². The maximum atomic E-state index is 7.09. The number of benzene rings is 8. The second-order valence-electron chi connectivity index (χ2n) is 14.3. The molecular weight excluding hydrogens is 665 g/mol. The molecule has 11 aromatic rings. The van der Waals surface area contributed by atoms with Gasteiger partial charge in [-0.15, -0.1) is 0 Å². The van der Waals surface area contributed by atoms with E-state index in [0.717, 1.165) is 121 Å². The third kappa shape index (κ3) is 3.59. The summed E-state index contributed by atoms with van der Waals surface area (Å²) in [5.74, 6) is 3.36. The van der Waals surface area contributed by atoms with Gasteiger partial charge in [-0.2, -0.15) is 0 Å². The predicted octanol–water partition coefficient (Wildman–Crippen LogP) is 11.0. The van der Waals surface area contributed by atoms with Gasteiger partial charge in [-0.3, -0.25) is 4.40 Å². The van der Waals surface area contributed by atoms with Gasteiger partial charge < -0.3 is 18.3 Å². The van der Waals surface area contributed by atoms with Gasteiger partial charge in [-0.25, -0.2) is 0 Å². The first kappa shape index (κ1) is 28.4. The minimum absolute atomic E-state index is 0.0419. The maximum Gasteiger partial charge on any atom is 0.260 e. The fraction of sp³-hybridized carbons (Fsp3) is 0. The topological polar surface area (TPSA) is 49.2 Å². The van der Waals surface area contributed by atoms with Gasteiger partial charge in [-0.1, -0.05) is 109 Å². The van der Waals surface area contributed by atoms with Crippen LogP contribution in [0.5, 0.6) is 23.0 Å². The maximum absolute atomic E-state index is 7.09. The van der Waals surface area contributed by atoms with E-state index in [1.807, 2.05) is 30.3 Å². The zero-order valence-electron chi connectivity index (χ0n) is 28.7. The Kier molecular flexibility index (Phi) is 5.39. The number of fused-ring (bicyclic) bond motifs is 18. The number of para-hydroxylation sites is 6. The summed E-state index contributed by atoms with van der Waals surface area (Å²) in [4.78, 5) is 0. The summed E-state index contributed by atoms with van der Waals surface area (Å²) < 4.78 is 30.1. The predicted molar refractivity (Wildman–Crippen MR) is 220 cm³/mol. The molecule has 5 nitrogen and oxygen atoms in total. The van der Waals surface area contributed by atoms with Crippen LogP contribution in [0.15, 0.2) is 167 Å². The van der Waals surface area contributed by atoms with Gasteiger partial charge in [0, 0.05) is 16.2 Å². The highest BCUT2D eigenvalue weighted by Crippen LogP contribution is 2.47. The van der Waals surface area contributed by atoms with Crippen molar-refractivity contribution in [2.75, 3.05) is 0 Å². The van der Waals surface area contributed by atoms with Crippen molar-refractivity contribution in [3.8, 4) is 23.0 Å². The van der Waals surface area contributed by atoms with Crippen LogP contribution in [-0.2, 0) is 0 Å². The molecular formula is C48H26BNO4. The van der Waals surface area contributed by atoms with Crippen LogP contribution in [0.2, 0.25) is 0 Å². The Morgan fingerprint density at radius 3 is 1.65 bits per heavy atom. The number of aromatic nitrogens is 1. The zero-order valence-corrected chi connectivity index (χ0v) is 28.7. The smallest absolute Gasteiger partial charge is 0.260 e. The molecule has 0 unspecified atom stereocenters. The van der Waals surface area contributed by atoms with E-state index in [9.17, 15) is 0 Å². The Morgan fingerprint density at radius 2 is 0.944 bits per heavy atom. The summed E-state index contributed by atoms with van der Waals surface area (Å²) in [6, 6.07) is 55.0. The monoisotopic (exact) mass is 691 g/mol. The van der Waals surface area contributed by atoms with Gasteiger partial charge in [0.2, 0.25) is 0 Å². The third-order valence-corrected chi connectivity index (χ3v) is 11.5. The number of hydrogen-bond donors (Lipinski definition) is 0. The Labute approximate surface area is 307 Å². The van der Waals surface area contributed by atoms with Gasteiger partial charge in [0.15, 0.2) is 22.3 Å². The highest BCUT2D eigenvalue weighted by molar-refractivity contribution is 6.98. The first-order valence-electron chi connectivity index (χ1n) is 18.3. The highest BCUT2D eigenvalue weighted by atomic mass is 16.5. The number of nitrogens with zero attached hydrogens (tertiary/aromatic N) is 1. The summed E-state index contributed by atoms with van der Waals surface area (Å²) in [5, 5.41) is 8.34. The van der Waals surface area contributed by atoms with Crippen molar-refractivity contribution < 1.29 is 18.3 Å². The minimum Gasteiger partial charge on any atom is -0.458 e. The van der Waals surface area contributed by atoms with Crippen LogP contribution >= 0.6 is 0 Å². The molecule has 6 heteroatoms. The highest BCUT2D eigenvalue weighted by Gasteiger charge is 2.41. The fourth-order valence-electron chi connectivity index (χ4n) is 9.34. The molecule has 0 radical (unpaired) electrons. The van der Waals surface area contributed by atoms with Crippen LogP contribution in [0.1, 0.15) is 0 Å². The molecule has 0 atom stereocenters. The summed E-state index contributed by atoms with van der Waals surface area (Å²) >= 11 is 0. The van der Waals surface area contributed by atoms with Crippen molar-refractivity contribution in [3.05, 3.63) is 158 Å². The minimum atomic E-state index is -0.0419. The van der Waals surface area contributed by atoms with Gasteiger partial charge >= 0.3 is 0 Å². The summed E-state index contributed by atoms with van der Waals surface area (Å²) in [6.07, 6.45) is 0. The Bertz CT molecular complexity index is 3510. The van der Waals surface area contributed by atoms with Gasteiger partial charge in [0.05, 0.1) is 11.0 Å². The van der Waals surface area contributed by atoms with Gasteiger partial charge in [0.25, 0.3) is 6.71 Å². The van der Waals surface area contributed by atoms with Crippen molar-refractivity contribution >= 4 is 105 Å². The van der Waals surface area contributed by atoms with Crippen molar-refractivity contribution in [2.24, 2.45) is 0 Å². The molecule has 2 aromatic heterocycles. The van der Waals surface area contributed by atoms with Crippen LogP contribution in [0, 0.1) is 0 Å². The molecule has 2 aliphatic heterocycles. The second kappa shape index (κ2) is 10.2. The summed E-state index contributed by atoms with van der Waals surface area (Å²) in [5.41, 5.74) is 9.25. The number of rotatable bonds is 0. The molecule has 0 aliphatic carbocycles. The Morgan fingerprint density at radius 1 is 0.407 bits per heavy atom. The van der Waals surface area contributed by atoms with Gasteiger partial charge in [-0.05, 0) is 91.8 Å².